The summed E-state index contributed by atoms with van der Waals surface area (Å²) in [4.78, 5) is 2.63. The van der Waals surface area contributed by atoms with Crippen LogP contribution in [0.3, 0.4) is 0 Å². The van der Waals surface area contributed by atoms with Crippen LogP contribution in [0.1, 0.15) is 55.9 Å². The van der Waals surface area contributed by atoms with Crippen molar-refractivity contribution in [3.05, 3.63) is 71.8 Å². The summed E-state index contributed by atoms with van der Waals surface area (Å²) in [7, 11) is 0. The van der Waals surface area contributed by atoms with E-state index in [0.717, 1.165) is 25.7 Å². The van der Waals surface area contributed by atoms with E-state index < -0.39 is 0 Å². The number of ether oxygens (including phenoxy) is 1. The highest BCUT2D eigenvalue weighted by atomic mass is 16.5. The standard InChI is InChI=1S/C24H29NO2/c1-16-14-20-19(21(26)15-16)12-13-22-25(20)23(17-8-4-2-5-9-17)24(27-22)18-10-6-3-7-11-18/h2-11,16,19-24,26H,12-15H2,1H3/t16-,19-,20+,21-,22-,23-,24+/m0/s1. The largest absolute Gasteiger partial charge is 0.393 e. The Morgan fingerprint density at radius 3 is 2.26 bits per heavy atom. The van der Waals surface area contributed by atoms with Crippen LogP contribution in [0.15, 0.2) is 60.7 Å². The van der Waals surface area contributed by atoms with Gasteiger partial charge in [0.15, 0.2) is 0 Å². The first-order valence-corrected chi connectivity index (χ1v) is 10.4. The lowest BCUT2D eigenvalue weighted by Gasteiger charge is -2.50. The maximum absolute atomic E-state index is 10.8. The molecule has 0 bridgehead atoms. The molecule has 1 saturated carbocycles. The topological polar surface area (TPSA) is 32.7 Å². The van der Waals surface area contributed by atoms with Gasteiger partial charge in [0.25, 0.3) is 0 Å². The molecule has 2 aromatic carbocycles. The summed E-state index contributed by atoms with van der Waals surface area (Å²) >= 11 is 0. The van der Waals surface area contributed by atoms with E-state index in [1.54, 1.807) is 0 Å². The Labute approximate surface area is 162 Å². The van der Waals surface area contributed by atoms with Crippen LogP contribution < -0.4 is 0 Å². The number of aliphatic hydroxyl groups is 1. The number of rotatable bonds is 2. The minimum Gasteiger partial charge on any atom is -0.393 e. The molecule has 3 fully saturated rings. The Morgan fingerprint density at radius 1 is 0.889 bits per heavy atom. The highest BCUT2D eigenvalue weighted by Crippen LogP contribution is 2.53. The summed E-state index contributed by atoms with van der Waals surface area (Å²) in [5.74, 6) is 0.939. The molecule has 2 heterocycles. The van der Waals surface area contributed by atoms with Gasteiger partial charge in [0.05, 0.1) is 12.1 Å². The Balaban J connectivity index is 1.57. The van der Waals surface area contributed by atoms with Gasteiger partial charge in [0.2, 0.25) is 0 Å². The Bertz CT molecular complexity index is 764. The van der Waals surface area contributed by atoms with Gasteiger partial charge >= 0.3 is 0 Å². The molecule has 1 aliphatic carbocycles. The van der Waals surface area contributed by atoms with Crippen molar-refractivity contribution in [3.63, 3.8) is 0 Å². The van der Waals surface area contributed by atoms with E-state index in [1.807, 2.05) is 0 Å². The quantitative estimate of drug-likeness (QED) is 0.840. The van der Waals surface area contributed by atoms with Crippen molar-refractivity contribution in [2.24, 2.45) is 11.8 Å². The van der Waals surface area contributed by atoms with Gasteiger partial charge in [-0.3, -0.25) is 4.90 Å². The highest BCUT2D eigenvalue weighted by molar-refractivity contribution is 5.29. The van der Waals surface area contributed by atoms with E-state index >= 15 is 0 Å². The van der Waals surface area contributed by atoms with Gasteiger partial charge in [-0.15, -0.1) is 0 Å². The molecular weight excluding hydrogens is 334 g/mol. The summed E-state index contributed by atoms with van der Waals surface area (Å²) in [5, 5.41) is 10.8. The van der Waals surface area contributed by atoms with Gasteiger partial charge in [-0.2, -0.15) is 0 Å². The second-order valence-electron chi connectivity index (χ2n) is 8.68. The third-order valence-electron chi connectivity index (χ3n) is 6.92. The summed E-state index contributed by atoms with van der Waals surface area (Å²) in [6.45, 7) is 2.28. The fourth-order valence-corrected chi connectivity index (χ4v) is 5.78. The van der Waals surface area contributed by atoms with Crippen molar-refractivity contribution >= 4 is 0 Å². The first-order chi connectivity index (χ1) is 13.2. The zero-order valence-electron chi connectivity index (χ0n) is 15.9. The fraction of sp³-hybridized carbons (Fsp3) is 0.500. The zero-order chi connectivity index (χ0) is 18.4. The van der Waals surface area contributed by atoms with Crippen LogP contribution in [0.5, 0.6) is 0 Å². The Morgan fingerprint density at radius 2 is 1.56 bits per heavy atom. The normalized spacial score (nSPS) is 39.0. The Hall–Kier alpha value is -1.68. The summed E-state index contributed by atoms with van der Waals surface area (Å²) < 4.78 is 6.68. The molecule has 2 aliphatic heterocycles. The van der Waals surface area contributed by atoms with Gasteiger partial charge in [-0.1, -0.05) is 67.6 Å². The van der Waals surface area contributed by atoms with Gasteiger partial charge in [0.1, 0.15) is 12.3 Å². The molecule has 3 aliphatic rings. The number of piperidine rings is 1. The fourth-order valence-electron chi connectivity index (χ4n) is 5.78. The van der Waals surface area contributed by atoms with E-state index in [1.165, 1.54) is 11.1 Å². The molecular formula is C24H29NO2. The van der Waals surface area contributed by atoms with Crippen LogP contribution in [0, 0.1) is 11.8 Å². The molecule has 0 amide bonds. The average Bonchev–Trinajstić information content (AvgIpc) is 3.09. The first kappa shape index (κ1) is 17.4. The maximum Gasteiger partial charge on any atom is 0.112 e. The van der Waals surface area contributed by atoms with Gasteiger partial charge < -0.3 is 9.84 Å². The zero-order valence-corrected chi connectivity index (χ0v) is 15.9. The van der Waals surface area contributed by atoms with Crippen LogP contribution in [0.4, 0.5) is 0 Å². The third-order valence-corrected chi connectivity index (χ3v) is 6.92. The van der Waals surface area contributed by atoms with Crippen LogP contribution >= 0.6 is 0 Å². The predicted molar refractivity (Wildman–Crippen MR) is 106 cm³/mol. The second-order valence-corrected chi connectivity index (χ2v) is 8.68. The number of nitrogens with zero attached hydrogens (tertiary/aromatic N) is 1. The molecule has 0 radical (unpaired) electrons. The van der Waals surface area contributed by atoms with Crippen LogP contribution in [-0.2, 0) is 4.74 Å². The maximum atomic E-state index is 10.8. The Kier molecular flexibility index (Phi) is 4.55. The minimum atomic E-state index is -0.174. The summed E-state index contributed by atoms with van der Waals surface area (Å²) in [6, 6.07) is 22.1. The number of benzene rings is 2. The third kappa shape index (κ3) is 3.02. The SMILES string of the molecule is C[C@H]1C[C@@H]2[C@H](CC[C@@H]3O[C@H](c4ccccc4)[C@H](c4ccccc4)N32)[C@@H](O)C1. The molecule has 2 aromatic rings. The van der Waals surface area contributed by atoms with Crippen molar-refractivity contribution in [1.29, 1.82) is 0 Å². The summed E-state index contributed by atoms with van der Waals surface area (Å²) in [6.07, 6.45) is 4.21. The van der Waals surface area contributed by atoms with Crippen LogP contribution in [0.2, 0.25) is 0 Å². The minimum absolute atomic E-state index is 0.0479. The van der Waals surface area contributed by atoms with Crippen molar-refractivity contribution in [2.75, 3.05) is 0 Å². The second kappa shape index (κ2) is 7.05. The van der Waals surface area contributed by atoms with E-state index in [2.05, 4.69) is 72.5 Å². The molecule has 3 nitrogen and oxygen atoms in total. The molecule has 2 saturated heterocycles. The van der Waals surface area contributed by atoms with Crippen molar-refractivity contribution in [3.8, 4) is 0 Å². The number of fused-ring (bicyclic) bond motifs is 3. The van der Waals surface area contributed by atoms with E-state index in [-0.39, 0.29) is 24.5 Å². The number of hydrogen-bond donors (Lipinski definition) is 1. The first-order valence-electron chi connectivity index (χ1n) is 10.4. The lowest BCUT2D eigenvalue weighted by Crippen LogP contribution is -2.55. The van der Waals surface area contributed by atoms with E-state index in [9.17, 15) is 5.11 Å². The van der Waals surface area contributed by atoms with Crippen molar-refractivity contribution in [1.82, 2.24) is 4.90 Å². The molecule has 5 rings (SSSR count). The van der Waals surface area contributed by atoms with Gasteiger partial charge in [-0.25, -0.2) is 0 Å². The predicted octanol–water partition coefficient (Wildman–Crippen LogP) is 4.70. The molecule has 7 atom stereocenters. The van der Waals surface area contributed by atoms with E-state index in [0.29, 0.717) is 17.9 Å². The van der Waals surface area contributed by atoms with Gasteiger partial charge in [0, 0.05) is 12.0 Å². The molecule has 1 N–H and O–H groups in total. The van der Waals surface area contributed by atoms with E-state index in [4.69, 9.17) is 4.74 Å². The number of hydrogen-bond acceptors (Lipinski definition) is 3. The van der Waals surface area contributed by atoms with Gasteiger partial charge in [-0.05, 0) is 42.7 Å². The average molecular weight is 364 g/mol. The lowest BCUT2D eigenvalue weighted by atomic mass is 9.71. The molecule has 0 unspecified atom stereocenters. The molecule has 0 spiro atoms. The van der Waals surface area contributed by atoms with Crippen molar-refractivity contribution < 1.29 is 9.84 Å². The van der Waals surface area contributed by atoms with Crippen LogP contribution in [-0.4, -0.2) is 28.4 Å². The molecule has 27 heavy (non-hydrogen) atoms. The van der Waals surface area contributed by atoms with Crippen LogP contribution in [0.25, 0.3) is 0 Å². The molecule has 0 aromatic heterocycles. The highest BCUT2D eigenvalue weighted by Gasteiger charge is 2.53. The lowest BCUT2D eigenvalue weighted by molar-refractivity contribution is -0.109. The monoisotopic (exact) mass is 363 g/mol. The smallest absolute Gasteiger partial charge is 0.112 e. The summed E-state index contributed by atoms with van der Waals surface area (Å²) in [5.41, 5.74) is 2.57. The molecule has 142 valence electrons. The number of aliphatic hydroxyl groups excluding tert-OH is 1. The molecule has 3 heteroatoms. The van der Waals surface area contributed by atoms with Crippen molar-refractivity contribution in [2.45, 2.75) is 63.1 Å².